The lowest BCUT2D eigenvalue weighted by molar-refractivity contribution is -0.140. The van der Waals surface area contributed by atoms with Gasteiger partial charge in [-0.2, -0.15) is 0 Å². The Morgan fingerprint density at radius 1 is 0.432 bits per heavy atom. The third-order valence-electron chi connectivity index (χ3n) is 8.71. The first-order valence-electron chi connectivity index (χ1n) is 17.9. The lowest BCUT2D eigenvalue weighted by atomic mass is 10.1. The minimum atomic E-state index is -1.01. The molecule has 0 saturated carbocycles. The fraction of sp³-hybridized carbons (Fsp3) is 0.943. The molecule has 0 aliphatic heterocycles. The maximum absolute atomic E-state index is 12.6. The molecule has 0 fully saturated rings. The number of nitrogens with zero attached hydrogens (tertiary/aromatic N) is 5. The molecular formula is C35H73N5O4. The first-order chi connectivity index (χ1) is 21.0. The lowest BCUT2D eigenvalue weighted by Gasteiger charge is -2.28. The number of rotatable bonds is 30. The molecule has 9 nitrogen and oxygen atoms in total. The Balaban J connectivity index is 4.08. The van der Waals surface area contributed by atoms with Crippen molar-refractivity contribution in [3.63, 3.8) is 0 Å². The fourth-order valence-electron chi connectivity index (χ4n) is 5.42. The van der Waals surface area contributed by atoms with E-state index >= 15 is 0 Å². The van der Waals surface area contributed by atoms with Crippen molar-refractivity contribution in [1.82, 2.24) is 24.5 Å². The quantitative estimate of drug-likeness (QED) is 0.112. The molecule has 0 saturated heterocycles. The highest BCUT2D eigenvalue weighted by atomic mass is 16.3. The fourth-order valence-corrected chi connectivity index (χ4v) is 5.42. The maximum Gasteiger partial charge on any atom is 0.252 e. The maximum atomic E-state index is 12.6. The van der Waals surface area contributed by atoms with Crippen molar-refractivity contribution in [3.05, 3.63) is 0 Å². The molecule has 0 aromatic rings. The number of hydrogen-bond donors (Lipinski definition) is 2. The van der Waals surface area contributed by atoms with E-state index in [1.54, 1.807) is 23.9 Å². The number of amides is 2. The van der Waals surface area contributed by atoms with Gasteiger partial charge in [0.25, 0.3) is 11.8 Å². The van der Waals surface area contributed by atoms with E-state index < -0.39 is 12.2 Å². The minimum absolute atomic E-state index is 0.202. The van der Waals surface area contributed by atoms with E-state index in [-0.39, 0.29) is 11.8 Å². The Kier molecular flexibility index (Phi) is 27.2. The number of aliphatic hydroxyl groups is 2. The van der Waals surface area contributed by atoms with Gasteiger partial charge in [0.15, 0.2) is 0 Å². The van der Waals surface area contributed by atoms with Crippen molar-refractivity contribution in [3.8, 4) is 0 Å². The van der Waals surface area contributed by atoms with Gasteiger partial charge in [0.1, 0.15) is 12.2 Å². The monoisotopic (exact) mass is 628 g/mol. The Morgan fingerprint density at radius 3 is 1.02 bits per heavy atom. The summed E-state index contributed by atoms with van der Waals surface area (Å²) < 4.78 is 0. The van der Waals surface area contributed by atoms with Gasteiger partial charge in [-0.1, -0.05) is 104 Å². The number of unbranched alkanes of at least 4 members (excludes halogenated alkanes) is 14. The summed E-state index contributed by atoms with van der Waals surface area (Å²) in [6, 6.07) is 0. The van der Waals surface area contributed by atoms with Gasteiger partial charge in [0.05, 0.1) is 0 Å². The molecule has 9 heteroatoms. The predicted octanol–water partition coefficient (Wildman–Crippen LogP) is 4.70. The molecule has 0 aliphatic rings. The molecule has 2 unspecified atom stereocenters. The Hall–Kier alpha value is -1.26. The van der Waals surface area contributed by atoms with E-state index in [0.717, 1.165) is 51.9 Å². The third kappa shape index (κ3) is 23.1. The zero-order valence-corrected chi connectivity index (χ0v) is 30.1. The third-order valence-corrected chi connectivity index (χ3v) is 8.71. The molecule has 2 N–H and O–H groups in total. The van der Waals surface area contributed by atoms with E-state index in [0.29, 0.717) is 26.2 Å². The molecule has 0 bridgehead atoms. The van der Waals surface area contributed by atoms with Gasteiger partial charge in [-0.25, -0.2) is 0 Å². The summed E-state index contributed by atoms with van der Waals surface area (Å²) in [5, 5.41) is 21.0. The van der Waals surface area contributed by atoms with Gasteiger partial charge < -0.3 is 34.7 Å². The normalized spacial score (nSPS) is 13.2. The molecular weight excluding hydrogens is 554 g/mol. The Bertz CT molecular complexity index is 642. The standard InChI is InChI=1S/C35H73N5O4/c1-8-10-12-14-16-18-20-22-24-39(6)34(43)32(41)30-37(4)28-26-36(3)27-29-38(5)31-33(42)35(44)40(7)25-23-21-19-17-15-13-11-9-2/h32-33,41-42H,8-31H2,1-7H3. The van der Waals surface area contributed by atoms with E-state index in [1.165, 1.54) is 77.0 Å². The second-order valence-corrected chi connectivity index (χ2v) is 13.3. The van der Waals surface area contributed by atoms with Crippen LogP contribution in [0, 0.1) is 0 Å². The number of likely N-dealkylation sites (N-methyl/N-ethyl adjacent to an activating group) is 5. The molecule has 0 radical (unpaired) electrons. The molecule has 2 amide bonds. The summed E-state index contributed by atoms with van der Waals surface area (Å²) in [6.07, 6.45) is 17.6. The van der Waals surface area contributed by atoms with E-state index in [2.05, 4.69) is 18.7 Å². The van der Waals surface area contributed by atoms with Crippen molar-refractivity contribution in [2.45, 2.75) is 129 Å². The number of carbonyl (C=O) groups is 2. The van der Waals surface area contributed by atoms with Crippen LogP contribution >= 0.6 is 0 Å². The minimum Gasteiger partial charge on any atom is -0.382 e. The molecule has 44 heavy (non-hydrogen) atoms. The largest absolute Gasteiger partial charge is 0.382 e. The van der Waals surface area contributed by atoms with Crippen LogP contribution in [0.1, 0.15) is 117 Å². The molecule has 0 rings (SSSR count). The van der Waals surface area contributed by atoms with Gasteiger partial charge in [0, 0.05) is 66.5 Å². The number of hydrogen-bond acceptors (Lipinski definition) is 7. The van der Waals surface area contributed by atoms with Crippen LogP contribution in [-0.2, 0) is 9.59 Å². The summed E-state index contributed by atoms with van der Waals surface area (Å²) >= 11 is 0. The van der Waals surface area contributed by atoms with Gasteiger partial charge in [-0.05, 0) is 34.0 Å². The molecule has 0 heterocycles. The van der Waals surface area contributed by atoms with E-state index in [9.17, 15) is 19.8 Å². The lowest BCUT2D eigenvalue weighted by Crippen LogP contribution is -2.45. The summed E-state index contributed by atoms with van der Waals surface area (Å²) in [5.74, 6) is -0.405. The van der Waals surface area contributed by atoms with Crippen molar-refractivity contribution in [1.29, 1.82) is 0 Å². The second kappa shape index (κ2) is 28.0. The number of aliphatic hydroxyl groups excluding tert-OH is 2. The zero-order valence-electron chi connectivity index (χ0n) is 30.1. The highest BCUT2D eigenvalue weighted by Crippen LogP contribution is 2.10. The summed E-state index contributed by atoms with van der Waals surface area (Å²) in [6.45, 7) is 9.54. The Morgan fingerprint density at radius 2 is 0.705 bits per heavy atom. The average Bonchev–Trinajstić information content (AvgIpc) is 3.00. The summed E-state index contributed by atoms with van der Waals surface area (Å²) in [5.41, 5.74) is 0. The van der Waals surface area contributed by atoms with Gasteiger partial charge in [-0.3, -0.25) is 9.59 Å². The Labute approximate surface area is 272 Å². The highest BCUT2D eigenvalue weighted by molar-refractivity contribution is 5.81. The zero-order chi connectivity index (χ0) is 33.2. The van der Waals surface area contributed by atoms with Crippen LogP contribution in [0.4, 0.5) is 0 Å². The van der Waals surface area contributed by atoms with Crippen LogP contribution in [0.2, 0.25) is 0 Å². The summed E-state index contributed by atoms with van der Waals surface area (Å²) in [7, 11) is 9.48. The molecule has 2 atom stereocenters. The average molecular weight is 628 g/mol. The van der Waals surface area contributed by atoms with Crippen LogP contribution < -0.4 is 0 Å². The van der Waals surface area contributed by atoms with Crippen LogP contribution in [0.5, 0.6) is 0 Å². The molecule has 0 aromatic heterocycles. The van der Waals surface area contributed by atoms with Crippen LogP contribution in [-0.4, -0.2) is 146 Å². The topological polar surface area (TPSA) is 90.8 Å². The van der Waals surface area contributed by atoms with Crippen LogP contribution in [0.3, 0.4) is 0 Å². The summed E-state index contributed by atoms with van der Waals surface area (Å²) in [4.78, 5) is 34.8. The van der Waals surface area contributed by atoms with Crippen molar-refractivity contribution in [2.75, 3.05) is 87.6 Å². The van der Waals surface area contributed by atoms with Crippen molar-refractivity contribution < 1.29 is 19.8 Å². The van der Waals surface area contributed by atoms with E-state index in [4.69, 9.17) is 0 Å². The van der Waals surface area contributed by atoms with Crippen molar-refractivity contribution >= 4 is 11.8 Å². The van der Waals surface area contributed by atoms with Crippen molar-refractivity contribution in [2.24, 2.45) is 0 Å². The predicted molar refractivity (Wildman–Crippen MR) is 185 cm³/mol. The molecule has 0 aromatic carbocycles. The van der Waals surface area contributed by atoms with Crippen LogP contribution in [0.25, 0.3) is 0 Å². The van der Waals surface area contributed by atoms with E-state index in [1.807, 2.05) is 30.9 Å². The molecule has 0 spiro atoms. The smallest absolute Gasteiger partial charge is 0.252 e. The first-order valence-corrected chi connectivity index (χ1v) is 17.9. The number of carbonyl (C=O) groups excluding carboxylic acids is 2. The molecule has 262 valence electrons. The second-order valence-electron chi connectivity index (χ2n) is 13.3. The SMILES string of the molecule is CCCCCCCCCCN(C)C(=O)C(O)CN(C)CCN(C)CCN(C)CC(O)C(=O)N(C)CCCCCCCCCC. The highest BCUT2D eigenvalue weighted by Gasteiger charge is 2.22. The van der Waals surface area contributed by atoms with Crippen LogP contribution in [0.15, 0.2) is 0 Å². The molecule has 0 aliphatic carbocycles. The first kappa shape index (κ1) is 42.7. The van der Waals surface area contributed by atoms with Gasteiger partial charge in [-0.15, -0.1) is 0 Å². The van der Waals surface area contributed by atoms with Gasteiger partial charge >= 0.3 is 0 Å². The van der Waals surface area contributed by atoms with Gasteiger partial charge in [0.2, 0.25) is 0 Å².